The fourth-order valence-corrected chi connectivity index (χ4v) is 4.69. The summed E-state index contributed by atoms with van der Waals surface area (Å²) in [4.78, 5) is 12.5. The minimum atomic E-state index is -3.57. The maximum Gasteiger partial charge on any atom is 0.251 e. The second-order valence-electron chi connectivity index (χ2n) is 6.62. The van der Waals surface area contributed by atoms with Crippen LogP contribution in [0.4, 0.5) is 4.39 Å². The van der Waals surface area contributed by atoms with Gasteiger partial charge in [0, 0.05) is 25.2 Å². The van der Waals surface area contributed by atoms with E-state index in [0.717, 1.165) is 24.8 Å². The number of nitrogens with zero attached hydrogens (tertiary/aromatic N) is 1. The van der Waals surface area contributed by atoms with Crippen molar-refractivity contribution in [3.63, 3.8) is 0 Å². The topological polar surface area (TPSA) is 66.5 Å². The number of sulfonamides is 1. The van der Waals surface area contributed by atoms with E-state index in [1.165, 1.54) is 28.6 Å². The van der Waals surface area contributed by atoms with E-state index in [9.17, 15) is 17.6 Å². The normalized spacial score (nSPS) is 15.4. The molecule has 0 atom stereocenters. The summed E-state index contributed by atoms with van der Waals surface area (Å²) < 4.78 is 39.9. The zero-order valence-corrected chi connectivity index (χ0v) is 15.8. The van der Waals surface area contributed by atoms with Crippen LogP contribution in [0.25, 0.3) is 0 Å². The smallest absolute Gasteiger partial charge is 0.251 e. The molecule has 1 aliphatic heterocycles. The third kappa shape index (κ3) is 4.93. The van der Waals surface area contributed by atoms with Gasteiger partial charge in [-0.1, -0.05) is 24.6 Å². The van der Waals surface area contributed by atoms with Crippen LogP contribution in [0, 0.1) is 5.82 Å². The highest BCUT2D eigenvalue weighted by Crippen LogP contribution is 2.21. The molecule has 0 bridgehead atoms. The molecule has 0 aromatic heterocycles. The predicted molar refractivity (Wildman–Crippen MR) is 101 cm³/mol. The average Bonchev–Trinajstić information content (AvgIpc) is 2.70. The monoisotopic (exact) mass is 390 g/mol. The minimum absolute atomic E-state index is 0.149. The molecule has 1 amide bonds. The van der Waals surface area contributed by atoms with Gasteiger partial charge in [-0.2, -0.15) is 4.31 Å². The van der Waals surface area contributed by atoms with Crippen molar-refractivity contribution in [1.29, 1.82) is 0 Å². The summed E-state index contributed by atoms with van der Waals surface area (Å²) in [5, 5.41) is 2.78. The number of halogens is 1. The lowest BCUT2D eigenvalue weighted by atomic mass is 10.1. The second-order valence-corrected chi connectivity index (χ2v) is 8.56. The van der Waals surface area contributed by atoms with Crippen LogP contribution >= 0.6 is 0 Å². The van der Waals surface area contributed by atoms with Crippen molar-refractivity contribution >= 4 is 15.9 Å². The number of piperidine rings is 1. The zero-order valence-electron chi connectivity index (χ0n) is 15.0. The van der Waals surface area contributed by atoms with E-state index in [0.29, 0.717) is 31.6 Å². The molecule has 2 aromatic rings. The highest BCUT2D eigenvalue weighted by Gasteiger charge is 2.26. The molecule has 0 aliphatic carbocycles. The number of amides is 1. The van der Waals surface area contributed by atoms with Crippen LogP contribution in [0.1, 0.15) is 35.2 Å². The van der Waals surface area contributed by atoms with E-state index in [-0.39, 0.29) is 16.6 Å². The molecule has 1 fully saturated rings. The molecule has 1 aliphatic rings. The summed E-state index contributed by atoms with van der Waals surface area (Å²) in [6, 6.07) is 12.3. The maximum atomic E-state index is 12.9. The maximum absolute atomic E-state index is 12.9. The lowest BCUT2D eigenvalue weighted by molar-refractivity contribution is 0.0954. The molecule has 2 aromatic carbocycles. The second kappa shape index (κ2) is 8.63. The molecule has 144 valence electrons. The number of carbonyl (C=O) groups excluding carboxylic acids is 1. The van der Waals surface area contributed by atoms with Gasteiger partial charge < -0.3 is 5.32 Å². The Balaban J connectivity index is 1.63. The van der Waals surface area contributed by atoms with Crippen LogP contribution in [0.5, 0.6) is 0 Å². The average molecular weight is 390 g/mol. The van der Waals surface area contributed by atoms with Gasteiger partial charge in [-0.05, 0) is 55.2 Å². The van der Waals surface area contributed by atoms with Crippen molar-refractivity contribution in [3.05, 3.63) is 65.5 Å². The summed E-state index contributed by atoms with van der Waals surface area (Å²) in [6.07, 6.45) is 3.34. The molecule has 0 saturated carbocycles. The van der Waals surface area contributed by atoms with Gasteiger partial charge in [0.25, 0.3) is 5.91 Å². The first-order valence-corrected chi connectivity index (χ1v) is 10.5. The highest BCUT2D eigenvalue weighted by molar-refractivity contribution is 7.89. The summed E-state index contributed by atoms with van der Waals surface area (Å²) in [5.41, 5.74) is 1.23. The quantitative estimate of drug-likeness (QED) is 0.825. The summed E-state index contributed by atoms with van der Waals surface area (Å²) >= 11 is 0. The molecule has 0 radical (unpaired) electrons. The largest absolute Gasteiger partial charge is 0.352 e. The van der Waals surface area contributed by atoms with Crippen molar-refractivity contribution in [3.8, 4) is 0 Å². The van der Waals surface area contributed by atoms with Gasteiger partial charge >= 0.3 is 0 Å². The Morgan fingerprint density at radius 1 is 1.04 bits per heavy atom. The molecule has 1 saturated heterocycles. The molecule has 3 rings (SSSR count). The number of carbonyl (C=O) groups is 1. The number of benzene rings is 2. The Kier molecular flexibility index (Phi) is 6.23. The van der Waals surface area contributed by atoms with E-state index in [1.807, 2.05) is 0 Å². The molecule has 27 heavy (non-hydrogen) atoms. The Bertz CT molecular complexity index is 892. The highest BCUT2D eigenvalue weighted by atomic mass is 32.2. The van der Waals surface area contributed by atoms with Crippen LogP contribution in [0.2, 0.25) is 0 Å². The summed E-state index contributed by atoms with van der Waals surface area (Å²) in [7, 11) is -3.57. The van der Waals surface area contributed by atoms with Crippen molar-refractivity contribution < 1.29 is 17.6 Å². The van der Waals surface area contributed by atoms with E-state index in [4.69, 9.17) is 0 Å². The first-order valence-electron chi connectivity index (χ1n) is 9.10. The summed E-state index contributed by atoms with van der Waals surface area (Å²) in [6.45, 7) is 1.43. The van der Waals surface area contributed by atoms with Gasteiger partial charge in [-0.25, -0.2) is 12.8 Å². The molecule has 0 spiro atoms. The fraction of sp³-hybridized carbons (Fsp3) is 0.350. The van der Waals surface area contributed by atoms with Crippen LogP contribution < -0.4 is 5.32 Å². The Morgan fingerprint density at radius 2 is 1.74 bits per heavy atom. The number of nitrogens with one attached hydrogen (secondary N) is 1. The molecular weight excluding hydrogens is 367 g/mol. The van der Waals surface area contributed by atoms with Crippen LogP contribution in [0.3, 0.4) is 0 Å². The van der Waals surface area contributed by atoms with Gasteiger partial charge in [-0.15, -0.1) is 0 Å². The Labute approximate surface area is 159 Å². The molecule has 5 nitrogen and oxygen atoms in total. The number of hydrogen-bond donors (Lipinski definition) is 1. The third-order valence-corrected chi connectivity index (χ3v) is 6.56. The van der Waals surface area contributed by atoms with Crippen LogP contribution in [-0.4, -0.2) is 38.3 Å². The van der Waals surface area contributed by atoms with Gasteiger partial charge in [0.05, 0.1) is 4.90 Å². The lowest BCUT2D eigenvalue weighted by Gasteiger charge is -2.26. The first-order chi connectivity index (χ1) is 13.0. The van der Waals surface area contributed by atoms with Gasteiger partial charge in [0.1, 0.15) is 5.82 Å². The first kappa shape index (κ1) is 19.5. The predicted octanol–water partition coefficient (Wildman–Crippen LogP) is 2.97. The Morgan fingerprint density at radius 3 is 2.44 bits per heavy atom. The van der Waals surface area contributed by atoms with Gasteiger partial charge in [0.15, 0.2) is 0 Å². The van der Waals surface area contributed by atoms with E-state index in [2.05, 4.69) is 5.32 Å². The van der Waals surface area contributed by atoms with Crippen molar-refractivity contribution in [1.82, 2.24) is 9.62 Å². The van der Waals surface area contributed by atoms with Crippen LogP contribution in [-0.2, 0) is 16.4 Å². The van der Waals surface area contributed by atoms with Crippen molar-refractivity contribution in [2.45, 2.75) is 30.6 Å². The molecular formula is C20H23FN2O3S. The number of hydrogen-bond acceptors (Lipinski definition) is 3. The van der Waals surface area contributed by atoms with Crippen LogP contribution in [0.15, 0.2) is 53.4 Å². The van der Waals surface area contributed by atoms with Gasteiger partial charge in [-0.3, -0.25) is 4.79 Å². The van der Waals surface area contributed by atoms with Gasteiger partial charge in [0.2, 0.25) is 10.0 Å². The SMILES string of the molecule is O=C(NCCc1ccc(F)cc1)c1cccc(S(=O)(=O)N2CCCCC2)c1. The van der Waals surface area contributed by atoms with Crippen molar-refractivity contribution in [2.24, 2.45) is 0 Å². The molecule has 1 heterocycles. The van der Waals surface area contributed by atoms with E-state index in [1.54, 1.807) is 24.3 Å². The fourth-order valence-electron chi connectivity index (χ4n) is 3.13. The summed E-state index contributed by atoms with van der Waals surface area (Å²) in [5.74, 6) is -0.623. The number of rotatable bonds is 6. The standard InChI is InChI=1S/C20H23FN2O3S/c21-18-9-7-16(8-10-18)11-12-22-20(24)17-5-4-6-19(15-17)27(25,26)23-13-2-1-3-14-23/h4-10,15H,1-3,11-14H2,(H,22,24). The minimum Gasteiger partial charge on any atom is -0.352 e. The van der Waals surface area contributed by atoms with Crippen molar-refractivity contribution in [2.75, 3.05) is 19.6 Å². The third-order valence-electron chi connectivity index (χ3n) is 4.66. The lowest BCUT2D eigenvalue weighted by Crippen LogP contribution is -2.35. The van der Waals surface area contributed by atoms with E-state index < -0.39 is 10.0 Å². The molecule has 7 heteroatoms. The molecule has 1 N–H and O–H groups in total. The molecule has 0 unspecified atom stereocenters. The zero-order chi connectivity index (χ0) is 19.3. The Hall–Kier alpha value is -2.25. The van der Waals surface area contributed by atoms with E-state index >= 15 is 0 Å².